The van der Waals surface area contributed by atoms with E-state index >= 15 is 0 Å². The lowest BCUT2D eigenvalue weighted by molar-refractivity contribution is 0.0602. The minimum absolute atomic E-state index is 0.201. The Bertz CT molecular complexity index is 800. The van der Waals surface area contributed by atoms with Crippen molar-refractivity contribution in [2.75, 3.05) is 38.6 Å². The molecule has 1 saturated heterocycles. The Labute approximate surface area is 162 Å². The number of aryl methyl sites for hydroxylation is 1. The molecule has 1 aromatic carbocycles. The molecule has 27 heavy (non-hydrogen) atoms. The van der Waals surface area contributed by atoms with Gasteiger partial charge in [0.15, 0.2) is 0 Å². The van der Waals surface area contributed by atoms with Crippen LogP contribution in [0.2, 0.25) is 0 Å². The largest absolute Gasteiger partial charge is 0.465 e. The number of ether oxygens (including phenoxy) is 1. The summed E-state index contributed by atoms with van der Waals surface area (Å²) < 4.78 is 4.77. The molecule has 1 aliphatic rings. The first-order valence-corrected chi connectivity index (χ1v) is 9.87. The number of amides is 2. The van der Waals surface area contributed by atoms with Crippen molar-refractivity contribution in [3.8, 4) is 0 Å². The van der Waals surface area contributed by atoms with Crippen molar-refractivity contribution in [3.05, 3.63) is 45.9 Å². The highest BCUT2D eigenvalue weighted by Gasteiger charge is 2.23. The van der Waals surface area contributed by atoms with Gasteiger partial charge in [0.05, 0.1) is 29.1 Å². The summed E-state index contributed by atoms with van der Waals surface area (Å²) in [5, 5.41) is 6.10. The van der Waals surface area contributed by atoms with E-state index in [1.165, 1.54) is 7.11 Å². The van der Waals surface area contributed by atoms with Gasteiger partial charge < -0.3 is 15.0 Å². The van der Waals surface area contributed by atoms with Crippen molar-refractivity contribution >= 4 is 29.0 Å². The normalized spacial score (nSPS) is 14.8. The van der Waals surface area contributed by atoms with Crippen LogP contribution < -0.4 is 5.32 Å². The van der Waals surface area contributed by atoms with Crippen LogP contribution in [0.5, 0.6) is 0 Å². The molecule has 0 unspecified atom stereocenters. The third kappa shape index (κ3) is 4.84. The number of methoxy groups -OCH3 is 1. The molecule has 8 heteroatoms. The number of anilines is 1. The molecule has 1 aromatic heterocycles. The fourth-order valence-corrected chi connectivity index (χ4v) is 3.73. The van der Waals surface area contributed by atoms with Gasteiger partial charge in [-0.1, -0.05) is 19.1 Å². The Morgan fingerprint density at radius 2 is 1.96 bits per heavy atom. The van der Waals surface area contributed by atoms with E-state index in [4.69, 9.17) is 4.74 Å². The molecule has 2 amide bonds. The van der Waals surface area contributed by atoms with Crippen LogP contribution in [0.1, 0.15) is 28.0 Å². The van der Waals surface area contributed by atoms with Gasteiger partial charge in [-0.15, -0.1) is 11.3 Å². The van der Waals surface area contributed by atoms with Gasteiger partial charge in [0, 0.05) is 38.1 Å². The molecule has 0 atom stereocenters. The van der Waals surface area contributed by atoms with Crippen LogP contribution >= 0.6 is 11.3 Å². The van der Waals surface area contributed by atoms with Crippen LogP contribution in [0.15, 0.2) is 29.6 Å². The average molecular weight is 388 g/mol. The van der Waals surface area contributed by atoms with Gasteiger partial charge >= 0.3 is 12.0 Å². The van der Waals surface area contributed by atoms with Crippen LogP contribution in [-0.2, 0) is 17.7 Å². The molecule has 0 spiro atoms. The number of nitrogens with one attached hydrogen (secondary N) is 1. The topological polar surface area (TPSA) is 74.8 Å². The number of hydrogen-bond donors (Lipinski definition) is 1. The molecule has 2 aromatic rings. The molecule has 3 rings (SSSR count). The molecule has 1 aliphatic heterocycles. The smallest absolute Gasteiger partial charge is 0.339 e. The molecule has 1 fully saturated rings. The highest BCUT2D eigenvalue weighted by atomic mass is 32.1. The Morgan fingerprint density at radius 1 is 1.22 bits per heavy atom. The number of urea groups is 1. The number of carbonyl (C=O) groups is 2. The molecule has 0 saturated carbocycles. The fourth-order valence-electron chi connectivity index (χ4n) is 3.00. The molecule has 0 radical (unpaired) electrons. The highest BCUT2D eigenvalue weighted by Crippen LogP contribution is 2.18. The van der Waals surface area contributed by atoms with Crippen LogP contribution in [0.4, 0.5) is 10.5 Å². The van der Waals surface area contributed by atoms with E-state index in [1.54, 1.807) is 40.5 Å². The second kappa shape index (κ2) is 8.96. The number of carbonyl (C=O) groups excluding carboxylic acids is 2. The van der Waals surface area contributed by atoms with Gasteiger partial charge in [0.1, 0.15) is 0 Å². The van der Waals surface area contributed by atoms with E-state index in [1.807, 2.05) is 0 Å². The Hall–Kier alpha value is -2.45. The third-order valence-electron chi connectivity index (χ3n) is 4.52. The maximum absolute atomic E-state index is 12.6. The molecular formula is C19H24N4O3S. The van der Waals surface area contributed by atoms with Crippen molar-refractivity contribution in [2.45, 2.75) is 19.9 Å². The van der Waals surface area contributed by atoms with Crippen molar-refractivity contribution in [2.24, 2.45) is 0 Å². The number of benzene rings is 1. The predicted octanol–water partition coefficient (Wildman–Crippen LogP) is 2.84. The molecule has 144 valence electrons. The van der Waals surface area contributed by atoms with E-state index in [2.05, 4.69) is 27.5 Å². The summed E-state index contributed by atoms with van der Waals surface area (Å²) in [5.41, 5.74) is 1.91. The number of esters is 1. The fraction of sp³-hybridized carbons (Fsp3) is 0.421. The first-order valence-electron chi connectivity index (χ1n) is 8.99. The van der Waals surface area contributed by atoms with Crippen LogP contribution in [0.25, 0.3) is 0 Å². The monoisotopic (exact) mass is 388 g/mol. The summed E-state index contributed by atoms with van der Waals surface area (Å²) in [7, 11) is 1.33. The standard InChI is InChI=1S/C19H24N4O3S/c1-3-17-20-14(13-27-17)12-22-8-10-23(11-9-22)19(25)21-16-7-5-4-6-15(16)18(24)26-2/h4-7,13H,3,8-12H2,1-2H3,(H,21,25). The maximum Gasteiger partial charge on any atom is 0.339 e. The SMILES string of the molecule is CCc1nc(CN2CCN(C(=O)Nc3ccccc3C(=O)OC)CC2)cs1. The lowest BCUT2D eigenvalue weighted by Crippen LogP contribution is -2.49. The number of hydrogen-bond acceptors (Lipinski definition) is 6. The van der Waals surface area contributed by atoms with E-state index < -0.39 is 5.97 Å². The second-order valence-corrected chi connectivity index (χ2v) is 7.26. The second-order valence-electron chi connectivity index (χ2n) is 6.32. The van der Waals surface area contributed by atoms with E-state index in [9.17, 15) is 9.59 Å². The van der Waals surface area contributed by atoms with Crippen LogP contribution in [0.3, 0.4) is 0 Å². The Morgan fingerprint density at radius 3 is 2.63 bits per heavy atom. The van der Waals surface area contributed by atoms with Gasteiger partial charge in [-0.05, 0) is 18.6 Å². The van der Waals surface area contributed by atoms with Crippen LogP contribution in [-0.4, -0.2) is 60.1 Å². The molecular weight excluding hydrogens is 364 g/mol. The number of piperazine rings is 1. The van der Waals surface area contributed by atoms with Gasteiger partial charge in [-0.2, -0.15) is 0 Å². The first-order chi connectivity index (χ1) is 13.1. The first kappa shape index (κ1) is 19.3. The highest BCUT2D eigenvalue weighted by molar-refractivity contribution is 7.09. The molecule has 7 nitrogen and oxygen atoms in total. The number of nitrogens with zero attached hydrogens (tertiary/aromatic N) is 3. The summed E-state index contributed by atoms with van der Waals surface area (Å²) in [6, 6.07) is 6.65. The predicted molar refractivity (Wildman–Crippen MR) is 105 cm³/mol. The van der Waals surface area contributed by atoms with Crippen molar-refractivity contribution < 1.29 is 14.3 Å². The lowest BCUT2D eigenvalue weighted by atomic mass is 10.2. The summed E-state index contributed by atoms with van der Waals surface area (Å²) in [4.78, 5) is 33.1. The van der Waals surface area contributed by atoms with Crippen molar-refractivity contribution in [1.82, 2.24) is 14.8 Å². The van der Waals surface area contributed by atoms with Gasteiger partial charge in [-0.3, -0.25) is 4.90 Å². The van der Waals surface area contributed by atoms with Gasteiger partial charge in [-0.25, -0.2) is 14.6 Å². The summed E-state index contributed by atoms with van der Waals surface area (Å²) >= 11 is 1.70. The maximum atomic E-state index is 12.6. The Kier molecular flexibility index (Phi) is 6.41. The van der Waals surface area contributed by atoms with Gasteiger partial charge in [0.2, 0.25) is 0 Å². The van der Waals surface area contributed by atoms with E-state index in [0.717, 1.165) is 36.8 Å². The zero-order chi connectivity index (χ0) is 19.2. The van der Waals surface area contributed by atoms with Crippen molar-refractivity contribution in [3.63, 3.8) is 0 Å². The minimum atomic E-state index is -0.467. The van der Waals surface area contributed by atoms with E-state index in [-0.39, 0.29) is 6.03 Å². The summed E-state index contributed by atoms with van der Waals surface area (Å²) in [5.74, 6) is -0.467. The summed E-state index contributed by atoms with van der Waals surface area (Å²) in [6.07, 6.45) is 0.964. The molecule has 1 N–H and O–H groups in total. The minimum Gasteiger partial charge on any atom is -0.465 e. The number of aromatic nitrogens is 1. The molecule has 0 aliphatic carbocycles. The molecule has 2 heterocycles. The quantitative estimate of drug-likeness (QED) is 0.797. The Balaban J connectivity index is 1.54. The zero-order valence-corrected chi connectivity index (χ0v) is 16.4. The summed E-state index contributed by atoms with van der Waals surface area (Å²) in [6.45, 7) is 5.79. The number of para-hydroxylation sites is 1. The zero-order valence-electron chi connectivity index (χ0n) is 15.6. The van der Waals surface area contributed by atoms with Crippen LogP contribution in [0, 0.1) is 0 Å². The number of thiazole rings is 1. The van der Waals surface area contributed by atoms with Gasteiger partial charge in [0.25, 0.3) is 0 Å². The number of rotatable bonds is 5. The van der Waals surface area contributed by atoms with E-state index in [0.29, 0.717) is 24.3 Å². The average Bonchev–Trinajstić information content (AvgIpc) is 3.16. The van der Waals surface area contributed by atoms with Crippen molar-refractivity contribution in [1.29, 1.82) is 0 Å². The lowest BCUT2D eigenvalue weighted by Gasteiger charge is -2.34. The third-order valence-corrected chi connectivity index (χ3v) is 5.56. The molecule has 0 bridgehead atoms.